The van der Waals surface area contributed by atoms with Crippen molar-refractivity contribution in [2.45, 2.75) is 5.41 Å². The van der Waals surface area contributed by atoms with E-state index in [2.05, 4.69) is 0 Å². The van der Waals surface area contributed by atoms with Crippen LogP contribution in [0.5, 0.6) is 11.5 Å². The van der Waals surface area contributed by atoms with Gasteiger partial charge in [0.1, 0.15) is 28.5 Å². The molecular formula is C22H15N3O5. The molecule has 0 saturated carbocycles. The third-order valence-corrected chi connectivity index (χ3v) is 5.68. The normalized spacial score (nSPS) is 19.5. The summed E-state index contributed by atoms with van der Waals surface area (Å²) >= 11 is 0. The summed E-state index contributed by atoms with van der Waals surface area (Å²) in [5.41, 5.74) is 4.54. The summed E-state index contributed by atoms with van der Waals surface area (Å²) in [5.74, 6) is -0.170. The van der Waals surface area contributed by atoms with Crippen molar-refractivity contribution in [1.82, 2.24) is 0 Å². The molecule has 1 spiro atoms. The van der Waals surface area contributed by atoms with Crippen molar-refractivity contribution in [3.05, 3.63) is 75.5 Å². The lowest BCUT2D eigenvalue weighted by molar-refractivity contribution is -0.120. The summed E-state index contributed by atoms with van der Waals surface area (Å²) in [4.78, 5) is 28.3. The molecule has 0 saturated heterocycles. The number of ether oxygens (including phenoxy) is 2. The summed E-state index contributed by atoms with van der Waals surface area (Å²) in [6.07, 6.45) is 0. The average molecular weight is 401 g/mol. The Labute approximate surface area is 170 Å². The van der Waals surface area contributed by atoms with Crippen LogP contribution in [0, 0.1) is 11.3 Å². The van der Waals surface area contributed by atoms with Crippen LogP contribution in [0.3, 0.4) is 0 Å². The maximum Gasteiger partial charge on any atom is 0.345 e. The lowest BCUT2D eigenvalue weighted by Crippen LogP contribution is -2.47. The Morgan fingerprint density at radius 1 is 1.20 bits per heavy atom. The van der Waals surface area contributed by atoms with Gasteiger partial charge in [0.25, 0.3) is 0 Å². The molecular weight excluding hydrogens is 386 g/mol. The number of para-hydroxylation sites is 1. The lowest BCUT2D eigenvalue weighted by Gasteiger charge is -2.33. The number of likely N-dealkylation sites (N-methyl/N-ethyl adjacent to an activating group) is 1. The Kier molecular flexibility index (Phi) is 3.49. The summed E-state index contributed by atoms with van der Waals surface area (Å²) in [5, 5.41) is 10.4. The van der Waals surface area contributed by atoms with E-state index in [4.69, 9.17) is 19.6 Å². The largest absolute Gasteiger partial charge is 0.497 e. The van der Waals surface area contributed by atoms with Crippen LogP contribution < -0.4 is 25.7 Å². The summed E-state index contributed by atoms with van der Waals surface area (Å²) in [7, 11) is 3.06. The molecule has 8 nitrogen and oxygen atoms in total. The van der Waals surface area contributed by atoms with E-state index in [1.165, 1.54) is 12.0 Å². The predicted octanol–water partition coefficient (Wildman–Crippen LogP) is 2.15. The van der Waals surface area contributed by atoms with Crippen molar-refractivity contribution in [1.29, 1.82) is 5.26 Å². The highest BCUT2D eigenvalue weighted by molar-refractivity contribution is 6.14. The minimum absolute atomic E-state index is 0.0733. The van der Waals surface area contributed by atoms with Gasteiger partial charge in [0.2, 0.25) is 11.8 Å². The predicted molar refractivity (Wildman–Crippen MR) is 107 cm³/mol. The zero-order valence-electron chi connectivity index (χ0n) is 16.1. The highest BCUT2D eigenvalue weighted by atomic mass is 16.5. The van der Waals surface area contributed by atoms with Gasteiger partial charge in [0.05, 0.1) is 12.5 Å². The second kappa shape index (κ2) is 5.87. The number of hydrogen-bond acceptors (Lipinski definition) is 7. The number of rotatable bonds is 1. The number of methoxy groups -OCH3 is 1. The van der Waals surface area contributed by atoms with Gasteiger partial charge in [-0.25, -0.2) is 4.79 Å². The van der Waals surface area contributed by atoms with Crippen LogP contribution in [0.4, 0.5) is 5.69 Å². The molecule has 2 aromatic carbocycles. The van der Waals surface area contributed by atoms with Crippen LogP contribution in [0.15, 0.2) is 63.1 Å². The van der Waals surface area contributed by atoms with E-state index in [1.54, 1.807) is 49.5 Å². The van der Waals surface area contributed by atoms with Gasteiger partial charge in [-0.3, -0.25) is 4.79 Å². The lowest BCUT2D eigenvalue weighted by atomic mass is 9.69. The van der Waals surface area contributed by atoms with Crippen LogP contribution in [-0.2, 0) is 10.2 Å². The fourth-order valence-corrected chi connectivity index (χ4v) is 4.35. The highest BCUT2D eigenvalue weighted by Gasteiger charge is 2.60. The van der Waals surface area contributed by atoms with Crippen molar-refractivity contribution in [2.24, 2.45) is 5.73 Å². The SMILES string of the molecule is COc1ccc2c(c1)[C@@]1(C(=O)N2C)C(C#N)=C(N)Oc2c1c(=O)oc1ccccc21. The number of nitrogens with two attached hydrogens (primary N) is 1. The monoisotopic (exact) mass is 401 g/mol. The number of hydrogen-bond donors (Lipinski definition) is 1. The smallest absolute Gasteiger partial charge is 0.345 e. The first-order valence-electron chi connectivity index (χ1n) is 9.06. The summed E-state index contributed by atoms with van der Waals surface area (Å²) in [6.45, 7) is 0. The van der Waals surface area contributed by atoms with Crippen LogP contribution in [0.2, 0.25) is 0 Å². The Hall–Kier alpha value is -4.25. The van der Waals surface area contributed by atoms with E-state index in [1.807, 2.05) is 6.07 Å². The van der Waals surface area contributed by atoms with Gasteiger partial charge >= 0.3 is 5.63 Å². The fraction of sp³-hybridized carbons (Fsp3) is 0.136. The van der Waals surface area contributed by atoms with Crippen LogP contribution in [0.25, 0.3) is 11.0 Å². The number of benzene rings is 2. The van der Waals surface area contributed by atoms with E-state index in [0.717, 1.165) is 0 Å². The van der Waals surface area contributed by atoms with Gasteiger partial charge in [0, 0.05) is 18.3 Å². The molecule has 2 aliphatic rings. The molecule has 1 amide bonds. The Morgan fingerprint density at radius 2 is 1.97 bits per heavy atom. The van der Waals surface area contributed by atoms with E-state index in [9.17, 15) is 14.9 Å². The molecule has 8 heteroatoms. The second-order valence-electron chi connectivity index (χ2n) is 7.04. The second-order valence-corrected chi connectivity index (χ2v) is 7.04. The Morgan fingerprint density at radius 3 is 2.70 bits per heavy atom. The molecule has 2 aliphatic heterocycles. The van der Waals surface area contributed by atoms with Crippen molar-refractivity contribution in [3.63, 3.8) is 0 Å². The van der Waals surface area contributed by atoms with E-state index >= 15 is 0 Å². The van der Waals surface area contributed by atoms with Crippen LogP contribution in [-0.4, -0.2) is 20.1 Å². The number of anilines is 1. The number of nitrogens with zero attached hydrogens (tertiary/aromatic N) is 2. The molecule has 148 valence electrons. The molecule has 0 aliphatic carbocycles. The van der Waals surface area contributed by atoms with Crippen LogP contribution in [0.1, 0.15) is 11.1 Å². The van der Waals surface area contributed by atoms with Gasteiger partial charge in [-0.1, -0.05) is 12.1 Å². The maximum atomic E-state index is 13.7. The Bertz CT molecular complexity index is 1400. The molecule has 1 aromatic heterocycles. The minimum Gasteiger partial charge on any atom is -0.497 e. The van der Waals surface area contributed by atoms with Gasteiger partial charge in [0.15, 0.2) is 11.2 Å². The van der Waals surface area contributed by atoms with Crippen molar-refractivity contribution in [3.8, 4) is 17.6 Å². The first-order chi connectivity index (χ1) is 14.4. The topological polar surface area (TPSA) is 119 Å². The quantitative estimate of drug-likeness (QED) is 0.621. The summed E-state index contributed by atoms with van der Waals surface area (Å²) < 4.78 is 16.6. The Balaban J connectivity index is 2.02. The average Bonchev–Trinajstić information content (AvgIpc) is 2.96. The molecule has 30 heavy (non-hydrogen) atoms. The highest BCUT2D eigenvalue weighted by Crippen LogP contribution is 2.55. The number of carbonyl (C=O) groups is 1. The van der Waals surface area contributed by atoms with Gasteiger partial charge < -0.3 is 24.5 Å². The molecule has 0 unspecified atom stereocenters. The van der Waals surface area contributed by atoms with Gasteiger partial charge in [-0.05, 0) is 30.3 Å². The number of carbonyl (C=O) groups excluding carboxylic acids is 1. The first kappa shape index (κ1) is 17.8. The molecule has 2 N–H and O–H groups in total. The minimum atomic E-state index is -1.80. The van der Waals surface area contributed by atoms with Crippen LogP contribution >= 0.6 is 0 Å². The van der Waals surface area contributed by atoms with E-state index in [0.29, 0.717) is 22.4 Å². The fourth-order valence-electron chi connectivity index (χ4n) is 4.35. The van der Waals surface area contributed by atoms with Crippen molar-refractivity contribution < 1.29 is 18.7 Å². The number of amides is 1. The molecule has 0 bridgehead atoms. The van der Waals surface area contributed by atoms with E-state index in [-0.39, 0.29) is 28.4 Å². The number of nitriles is 1. The molecule has 3 heterocycles. The maximum absolute atomic E-state index is 13.7. The van der Waals surface area contributed by atoms with Crippen molar-refractivity contribution in [2.75, 3.05) is 19.1 Å². The molecule has 0 fully saturated rings. The molecule has 5 rings (SSSR count). The third kappa shape index (κ3) is 1.93. The van der Waals surface area contributed by atoms with Gasteiger partial charge in [-0.2, -0.15) is 5.26 Å². The summed E-state index contributed by atoms with van der Waals surface area (Å²) in [6, 6.07) is 13.8. The molecule has 0 radical (unpaired) electrons. The molecule has 3 aromatic rings. The van der Waals surface area contributed by atoms with E-state index < -0.39 is 16.9 Å². The van der Waals surface area contributed by atoms with Gasteiger partial charge in [-0.15, -0.1) is 0 Å². The third-order valence-electron chi connectivity index (χ3n) is 5.68. The molecule has 1 atom stereocenters. The number of fused-ring (bicyclic) bond motifs is 6. The standard InChI is InChI=1S/C22H15N3O5/c1-25-15-8-7-11(28-2)9-13(15)22(21(25)27)14(10-23)19(24)30-18-12-5-3-4-6-16(12)29-20(26)17(18)22/h3-9H,24H2,1-2H3/t22-/m1/s1. The first-order valence-corrected chi connectivity index (χ1v) is 9.06. The zero-order valence-corrected chi connectivity index (χ0v) is 16.1. The zero-order chi connectivity index (χ0) is 21.2. The van der Waals surface area contributed by atoms with Crippen molar-refractivity contribution >= 4 is 22.6 Å².